The molecule has 0 bridgehead atoms. The average Bonchev–Trinajstić information content (AvgIpc) is 3.05. The van der Waals surface area contributed by atoms with Crippen molar-refractivity contribution in [2.24, 2.45) is 10.4 Å². The van der Waals surface area contributed by atoms with E-state index in [1.807, 2.05) is 20.8 Å². The summed E-state index contributed by atoms with van der Waals surface area (Å²) in [5, 5.41) is 10.8. The molecular formula is C21H34IN5O. The number of carbonyl (C=O) groups is 1. The second-order valence-electron chi connectivity index (χ2n) is 7.69. The number of H-pyrrole nitrogens is 1. The summed E-state index contributed by atoms with van der Waals surface area (Å²) in [4.78, 5) is 19.5. The van der Waals surface area contributed by atoms with E-state index in [-0.39, 0.29) is 35.3 Å². The maximum absolute atomic E-state index is 11.8. The van der Waals surface area contributed by atoms with Gasteiger partial charge in [-0.3, -0.25) is 9.79 Å². The number of benzene rings is 1. The van der Waals surface area contributed by atoms with Crippen LogP contribution in [0.2, 0.25) is 0 Å². The number of nitrogens with one attached hydrogen (secondary N) is 4. The molecule has 0 fully saturated rings. The van der Waals surface area contributed by atoms with Crippen LogP contribution in [0.25, 0.3) is 10.9 Å². The number of halogens is 1. The van der Waals surface area contributed by atoms with E-state index < -0.39 is 0 Å². The van der Waals surface area contributed by atoms with Crippen molar-refractivity contribution < 1.29 is 4.79 Å². The van der Waals surface area contributed by atoms with Crippen molar-refractivity contribution in [3.05, 3.63) is 35.5 Å². The molecule has 156 valence electrons. The van der Waals surface area contributed by atoms with E-state index in [2.05, 4.69) is 57.2 Å². The maximum atomic E-state index is 11.8. The first-order valence-electron chi connectivity index (χ1n) is 9.67. The number of rotatable bonds is 7. The second-order valence-corrected chi connectivity index (χ2v) is 7.69. The monoisotopic (exact) mass is 499 g/mol. The van der Waals surface area contributed by atoms with E-state index in [9.17, 15) is 4.79 Å². The first kappa shape index (κ1) is 24.3. The van der Waals surface area contributed by atoms with E-state index in [4.69, 9.17) is 0 Å². The van der Waals surface area contributed by atoms with Gasteiger partial charge < -0.3 is 20.9 Å². The first-order chi connectivity index (χ1) is 12.9. The number of para-hydroxylation sites is 1. The van der Waals surface area contributed by atoms with Crippen LogP contribution >= 0.6 is 24.0 Å². The normalized spacial score (nSPS) is 11.8. The number of hydrogen-bond donors (Lipinski definition) is 4. The molecule has 1 amide bonds. The predicted molar refractivity (Wildman–Crippen MR) is 129 cm³/mol. The van der Waals surface area contributed by atoms with Crippen molar-refractivity contribution in [1.82, 2.24) is 20.9 Å². The van der Waals surface area contributed by atoms with Crippen LogP contribution in [0.5, 0.6) is 0 Å². The first-order valence-corrected chi connectivity index (χ1v) is 9.67. The fraction of sp³-hybridized carbons (Fsp3) is 0.524. The summed E-state index contributed by atoms with van der Waals surface area (Å²) in [6.45, 7) is 9.89. The number of hydrogen-bond acceptors (Lipinski definition) is 2. The molecule has 2 rings (SSSR count). The Morgan fingerprint density at radius 2 is 1.75 bits per heavy atom. The van der Waals surface area contributed by atoms with Gasteiger partial charge in [-0.15, -0.1) is 24.0 Å². The molecule has 7 heteroatoms. The summed E-state index contributed by atoms with van der Waals surface area (Å²) in [5.41, 5.74) is 3.53. The van der Waals surface area contributed by atoms with Gasteiger partial charge in [0.25, 0.3) is 0 Å². The Morgan fingerprint density at radius 3 is 2.39 bits per heavy atom. The van der Waals surface area contributed by atoms with Gasteiger partial charge in [-0.2, -0.15) is 0 Å². The predicted octanol–water partition coefficient (Wildman–Crippen LogP) is 3.22. The van der Waals surface area contributed by atoms with E-state index in [0.29, 0.717) is 13.1 Å². The van der Waals surface area contributed by atoms with Gasteiger partial charge in [-0.25, -0.2) is 0 Å². The van der Waals surface area contributed by atoms with Gasteiger partial charge in [-0.1, -0.05) is 45.9 Å². The maximum Gasteiger partial charge on any atom is 0.225 e. The Labute approximate surface area is 185 Å². The highest BCUT2D eigenvalue weighted by molar-refractivity contribution is 14.0. The standard InChI is InChI=1S/C21H33N5O.HI/c1-6-15-8-7-9-17-16(14-26-18(15)17)10-11-24-20(22-5)25-13-12-23-19(27)21(2,3)4;/h7-9,14,26H,6,10-13H2,1-5H3,(H,23,27)(H2,22,24,25);1H. The highest BCUT2D eigenvalue weighted by Gasteiger charge is 2.20. The summed E-state index contributed by atoms with van der Waals surface area (Å²) in [7, 11) is 1.75. The third kappa shape index (κ3) is 6.68. The molecule has 28 heavy (non-hydrogen) atoms. The highest BCUT2D eigenvalue weighted by atomic mass is 127. The molecule has 1 aromatic carbocycles. The van der Waals surface area contributed by atoms with E-state index in [1.165, 1.54) is 22.0 Å². The minimum absolute atomic E-state index is 0. The molecule has 6 nitrogen and oxygen atoms in total. The van der Waals surface area contributed by atoms with Gasteiger partial charge in [0.15, 0.2) is 5.96 Å². The number of aromatic amines is 1. The minimum atomic E-state index is -0.364. The Hall–Kier alpha value is -1.77. The Bertz CT molecular complexity index is 792. The van der Waals surface area contributed by atoms with Gasteiger partial charge in [0.2, 0.25) is 5.91 Å². The fourth-order valence-corrected chi connectivity index (χ4v) is 2.93. The van der Waals surface area contributed by atoms with Crippen LogP contribution in [0.1, 0.15) is 38.8 Å². The summed E-state index contributed by atoms with van der Waals surface area (Å²) in [5.74, 6) is 0.798. The number of fused-ring (bicyclic) bond motifs is 1. The van der Waals surface area contributed by atoms with Gasteiger partial charge in [0.05, 0.1) is 0 Å². The lowest BCUT2D eigenvalue weighted by molar-refractivity contribution is -0.128. The molecule has 0 spiro atoms. The zero-order chi connectivity index (χ0) is 19.9. The zero-order valence-corrected chi connectivity index (χ0v) is 19.9. The number of aryl methyl sites for hydroxylation is 1. The highest BCUT2D eigenvalue weighted by Crippen LogP contribution is 2.22. The van der Waals surface area contributed by atoms with Gasteiger partial charge >= 0.3 is 0 Å². The molecule has 2 aromatic rings. The molecule has 0 aliphatic rings. The third-order valence-corrected chi connectivity index (χ3v) is 4.56. The second kappa shape index (κ2) is 11.3. The summed E-state index contributed by atoms with van der Waals surface area (Å²) >= 11 is 0. The molecule has 0 radical (unpaired) electrons. The van der Waals surface area contributed by atoms with E-state index in [1.54, 1.807) is 7.05 Å². The molecule has 0 aliphatic carbocycles. The van der Waals surface area contributed by atoms with Gasteiger partial charge in [0.1, 0.15) is 0 Å². The SMILES string of the molecule is CCc1cccc2c(CCNC(=NC)NCCNC(=O)C(C)(C)C)c[nH]c12.I. The molecule has 1 aromatic heterocycles. The van der Waals surface area contributed by atoms with Crippen molar-refractivity contribution in [2.75, 3.05) is 26.7 Å². The minimum Gasteiger partial charge on any atom is -0.361 e. The van der Waals surface area contributed by atoms with Crippen LogP contribution in [0, 0.1) is 5.41 Å². The number of aromatic nitrogens is 1. The van der Waals surface area contributed by atoms with E-state index >= 15 is 0 Å². The van der Waals surface area contributed by atoms with Crippen LogP contribution in [0.3, 0.4) is 0 Å². The lowest BCUT2D eigenvalue weighted by Gasteiger charge is -2.18. The molecule has 0 saturated carbocycles. The summed E-state index contributed by atoms with van der Waals surface area (Å²) in [6, 6.07) is 6.47. The smallest absolute Gasteiger partial charge is 0.225 e. The Balaban J connectivity index is 0.00000392. The van der Waals surface area contributed by atoms with Crippen LogP contribution < -0.4 is 16.0 Å². The van der Waals surface area contributed by atoms with Crippen molar-refractivity contribution in [3.8, 4) is 0 Å². The number of guanidine groups is 1. The van der Waals surface area contributed by atoms with Crippen LogP contribution in [0.15, 0.2) is 29.4 Å². The van der Waals surface area contributed by atoms with Crippen LogP contribution in [-0.2, 0) is 17.6 Å². The van der Waals surface area contributed by atoms with Gasteiger partial charge in [0, 0.05) is 49.2 Å². The van der Waals surface area contributed by atoms with E-state index in [0.717, 1.165) is 25.3 Å². The lowest BCUT2D eigenvalue weighted by atomic mass is 9.96. The third-order valence-electron chi connectivity index (χ3n) is 4.56. The van der Waals surface area contributed by atoms with Crippen LogP contribution in [0.4, 0.5) is 0 Å². The topological polar surface area (TPSA) is 81.3 Å². The molecule has 0 aliphatic heterocycles. The van der Waals surface area contributed by atoms with Crippen molar-refractivity contribution in [2.45, 2.75) is 40.5 Å². The number of amides is 1. The van der Waals surface area contributed by atoms with Crippen LogP contribution in [-0.4, -0.2) is 43.5 Å². The van der Waals surface area contributed by atoms with Gasteiger partial charge in [-0.05, 0) is 24.0 Å². The molecule has 0 atom stereocenters. The van der Waals surface area contributed by atoms with Crippen molar-refractivity contribution >= 4 is 46.7 Å². The molecule has 4 N–H and O–H groups in total. The summed E-state index contributed by atoms with van der Waals surface area (Å²) in [6.07, 6.45) is 4.04. The molecule has 0 unspecified atom stereocenters. The summed E-state index contributed by atoms with van der Waals surface area (Å²) < 4.78 is 0. The van der Waals surface area contributed by atoms with Crippen molar-refractivity contribution in [3.63, 3.8) is 0 Å². The number of aliphatic imine (C=N–C) groups is 1. The molecular weight excluding hydrogens is 465 g/mol. The average molecular weight is 499 g/mol. The molecule has 0 saturated heterocycles. The quantitative estimate of drug-likeness (QED) is 0.205. The Kier molecular flexibility index (Phi) is 9.78. The Morgan fingerprint density at radius 1 is 1.07 bits per heavy atom. The fourth-order valence-electron chi connectivity index (χ4n) is 2.93. The van der Waals surface area contributed by atoms with Crippen molar-refractivity contribution in [1.29, 1.82) is 0 Å². The lowest BCUT2D eigenvalue weighted by Crippen LogP contribution is -2.43. The number of nitrogens with zero attached hydrogens (tertiary/aromatic N) is 1. The molecule has 1 heterocycles. The number of carbonyl (C=O) groups excluding carboxylic acids is 1. The zero-order valence-electron chi connectivity index (χ0n) is 17.6. The largest absolute Gasteiger partial charge is 0.361 e.